The first kappa shape index (κ1) is 15.6. The molecule has 0 aliphatic rings. The molecule has 0 spiro atoms. The predicted molar refractivity (Wildman–Crippen MR) is 71.8 cm³/mol. The summed E-state index contributed by atoms with van der Waals surface area (Å²) in [6.07, 6.45) is 0. The van der Waals surface area contributed by atoms with Gasteiger partial charge >= 0.3 is 7.82 Å². The summed E-state index contributed by atoms with van der Waals surface area (Å²) >= 11 is 0. The highest BCUT2D eigenvalue weighted by Crippen LogP contribution is 2.40. The molecule has 0 amide bonds. The van der Waals surface area contributed by atoms with Gasteiger partial charge in [0.2, 0.25) is 0 Å². The molecule has 0 aliphatic heterocycles. The Morgan fingerprint density at radius 2 is 1.15 bits per heavy atom. The van der Waals surface area contributed by atoms with Crippen LogP contribution in [0.5, 0.6) is 11.5 Å². The molecule has 2 aromatic rings. The molecular weight excluding hydrogens is 281 g/mol. The first-order chi connectivity index (χ1) is 9.57. The van der Waals surface area contributed by atoms with Crippen LogP contribution in [0.15, 0.2) is 60.7 Å². The van der Waals surface area contributed by atoms with Crippen molar-refractivity contribution >= 4 is 7.82 Å². The van der Waals surface area contributed by atoms with E-state index in [-0.39, 0.29) is 11.5 Å². The van der Waals surface area contributed by atoms with Crippen molar-refractivity contribution in [2.45, 2.75) is 0 Å². The van der Waals surface area contributed by atoms with Gasteiger partial charge in [0.05, 0.1) is 0 Å². The summed E-state index contributed by atoms with van der Waals surface area (Å²) in [5.74, 6) is 0.448. The molecule has 104 valence electrons. The van der Waals surface area contributed by atoms with E-state index < -0.39 is 7.82 Å². The Kier molecular flexibility index (Phi) is 6.13. The van der Waals surface area contributed by atoms with Crippen molar-refractivity contribution in [3.8, 4) is 11.5 Å². The zero-order chi connectivity index (χ0) is 14.8. The Hall–Kier alpha value is -2.46. The van der Waals surface area contributed by atoms with Gasteiger partial charge in [-0.25, -0.2) is 4.57 Å². The van der Waals surface area contributed by atoms with E-state index >= 15 is 0 Å². The van der Waals surface area contributed by atoms with E-state index in [0.717, 1.165) is 0 Å². The van der Waals surface area contributed by atoms with E-state index in [1.807, 2.05) is 0 Å². The number of hydrogen-bond acceptors (Lipinski definition) is 4. The van der Waals surface area contributed by atoms with Gasteiger partial charge in [-0.2, -0.15) is 0 Å². The molecular formula is C12H10N3O4P-2. The molecule has 0 radical (unpaired) electrons. The number of rotatable bonds is 4. The van der Waals surface area contributed by atoms with Crippen LogP contribution in [-0.4, -0.2) is 0 Å². The van der Waals surface area contributed by atoms with E-state index in [1.54, 1.807) is 60.7 Å². The monoisotopic (exact) mass is 291 g/mol. The van der Waals surface area contributed by atoms with Gasteiger partial charge in [0.1, 0.15) is 11.5 Å². The number of hydrogen-bond donors (Lipinski definition) is 0. The molecule has 8 heteroatoms. The normalized spacial score (nSPS) is 9.65. The molecule has 0 bridgehead atoms. The van der Waals surface area contributed by atoms with Crippen LogP contribution in [0, 0.1) is 0 Å². The molecule has 0 unspecified atom stereocenters. The van der Waals surface area contributed by atoms with Crippen molar-refractivity contribution in [3.63, 3.8) is 0 Å². The van der Waals surface area contributed by atoms with Gasteiger partial charge in [0.15, 0.2) is 0 Å². The van der Waals surface area contributed by atoms with Gasteiger partial charge in [-0.1, -0.05) is 36.4 Å². The molecule has 2 rings (SSSR count). The maximum absolute atomic E-state index is 11.6. The van der Waals surface area contributed by atoms with E-state index in [2.05, 4.69) is 0 Å². The highest BCUT2D eigenvalue weighted by atomic mass is 31.2. The van der Waals surface area contributed by atoms with Crippen LogP contribution in [0.25, 0.3) is 16.0 Å². The molecule has 0 aromatic heterocycles. The Balaban J connectivity index is 0.000000612. The summed E-state index contributed by atoms with van der Waals surface area (Å²) in [5, 5.41) is 0. The smallest absolute Gasteiger partial charge is 0.372 e. The Bertz CT molecular complexity index is 555. The minimum Gasteiger partial charge on any atom is -0.736 e. The summed E-state index contributed by atoms with van der Waals surface area (Å²) in [7, 11) is -4.39. The standard InChI is InChI=1S/C12H11O4P.N3/c13-17(14,15-11-7-3-1-4-8-11)16-12-9-5-2-6-10-12;1-3-2/h1-10H,(H,13,14);/q;-1/p-1. The van der Waals surface area contributed by atoms with Crippen LogP contribution in [0.4, 0.5) is 0 Å². The van der Waals surface area contributed by atoms with Crippen LogP contribution in [0.2, 0.25) is 0 Å². The lowest BCUT2D eigenvalue weighted by atomic mass is 10.3. The third-order valence-electron chi connectivity index (χ3n) is 1.92. The maximum Gasteiger partial charge on any atom is 0.372 e. The van der Waals surface area contributed by atoms with Gasteiger partial charge in [0, 0.05) is 0 Å². The molecule has 0 N–H and O–H groups in total. The molecule has 0 saturated heterocycles. The second-order valence-corrected chi connectivity index (χ2v) is 4.60. The lowest BCUT2D eigenvalue weighted by Crippen LogP contribution is -2.12. The highest BCUT2D eigenvalue weighted by molar-refractivity contribution is 7.46. The predicted octanol–water partition coefficient (Wildman–Crippen LogP) is 3.48. The van der Waals surface area contributed by atoms with Crippen molar-refractivity contribution in [2.24, 2.45) is 0 Å². The topological polar surface area (TPSA) is 117 Å². The van der Waals surface area contributed by atoms with Crippen LogP contribution in [0.3, 0.4) is 0 Å². The van der Waals surface area contributed by atoms with Crippen LogP contribution < -0.4 is 13.9 Å². The minimum atomic E-state index is -4.39. The summed E-state index contributed by atoms with van der Waals surface area (Å²) in [5.41, 5.74) is 13.5. The van der Waals surface area contributed by atoms with E-state index in [1.165, 1.54) is 4.91 Å². The molecule has 0 saturated carbocycles. The zero-order valence-corrected chi connectivity index (χ0v) is 11.1. The van der Waals surface area contributed by atoms with Crippen molar-refractivity contribution < 1.29 is 18.5 Å². The summed E-state index contributed by atoms with van der Waals surface area (Å²) < 4.78 is 21.1. The van der Waals surface area contributed by atoms with Gasteiger partial charge < -0.3 is 25.0 Å². The summed E-state index contributed by atoms with van der Waals surface area (Å²) in [6, 6.07) is 16.4. The van der Waals surface area contributed by atoms with Gasteiger partial charge in [-0.15, -0.1) is 0 Å². The van der Waals surface area contributed by atoms with Crippen molar-refractivity contribution in [1.29, 1.82) is 0 Å². The highest BCUT2D eigenvalue weighted by Gasteiger charge is 2.12. The first-order valence-electron chi connectivity index (χ1n) is 5.36. The molecule has 0 heterocycles. The fraction of sp³-hybridized carbons (Fsp3) is 0. The van der Waals surface area contributed by atoms with Crippen LogP contribution >= 0.6 is 7.82 Å². The number of benzene rings is 2. The Labute approximate surface area is 115 Å². The van der Waals surface area contributed by atoms with Gasteiger partial charge in [0.25, 0.3) is 0 Å². The Morgan fingerprint density at radius 1 is 0.850 bits per heavy atom. The van der Waals surface area contributed by atoms with Crippen molar-refractivity contribution in [3.05, 3.63) is 76.6 Å². The molecule has 0 atom stereocenters. The molecule has 20 heavy (non-hydrogen) atoms. The third-order valence-corrected chi connectivity index (χ3v) is 2.79. The van der Waals surface area contributed by atoms with E-state index in [0.29, 0.717) is 0 Å². The lowest BCUT2D eigenvalue weighted by molar-refractivity contribution is -0.208. The first-order valence-corrected chi connectivity index (χ1v) is 6.82. The fourth-order valence-electron chi connectivity index (χ4n) is 1.24. The van der Waals surface area contributed by atoms with Gasteiger partial charge in [-0.05, 0) is 24.3 Å². The molecule has 7 nitrogen and oxygen atoms in total. The average Bonchev–Trinajstić information content (AvgIpc) is 2.40. The number of para-hydroxylation sites is 2. The quantitative estimate of drug-likeness (QED) is 0.371. The van der Waals surface area contributed by atoms with Crippen molar-refractivity contribution in [2.75, 3.05) is 0 Å². The summed E-state index contributed by atoms with van der Waals surface area (Å²) in [6.45, 7) is 0. The molecule has 0 aliphatic carbocycles. The van der Waals surface area contributed by atoms with Crippen molar-refractivity contribution in [1.82, 2.24) is 0 Å². The van der Waals surface area contributed by atoms with E-state index in [9.17, 15) is 9.46 Å². The zero-order valence-electron chi connectivity index (χ0n) is 10.2. The second kappa shape index (κ2) is 7.86. The van der Waals surface area contributed by atoms with Crippen LogP contribution in [-0.2, 0) is 4.57 Å². The minimum absolute atomic E-state index is 0.224. The van der Waals surface area contributed by atoms with E-state index in [4.69, 9.17) is 20.1 Å². The number of phosphoric acid groups is 1. The lowest BCUT2D eigenvalue weighted by Gasteiger charge is -2.23. The maximum atomic E-state index is 11.6. The fourth-order valence-corrected chi connectivity index (χ4v) is 2.04. The molecule has 0 fully saturated rings. The summed E-state index contributed by atoms with van der Waals surface area (Å²) in [4.78, 5) is 13.1. The van der Waals surface area contributed by atoms with Crippen LogP contribution in [0.1, 0.15) is 0 Å². The average molecular weight is 291 g/mol. The van der Waals surface area contributed by atoms with Gasteiger partial charge in [-0.3, -0.25) is 4.91 Å². The SMILES string of the molecule is O=P([O-])(Oc1ccccc1)Oc1ccccc1.[N-]=[N+]=[N-]. The number of phosphoric ester groups is 1. The third kappa shape index (κ3) is 5.93. The second-order valence-electron chi connectivity index (χ2n) is 3.35. The number of nitrogens with zero attached hydrogens (tertiary/aromatic N) is 3. The largest absolute Gasteiger partial charge is 0.736 e. The Morgan fingerprint density at radius 3 is 1.45 bits per heavy atom. The molecule has 2 aromatic carbocycles.